The molecule has 7 heteroatoms. The van der Waals surface area contributed by atoms with Crippen LogP contribution in [0.3, 0.4) is 0 Å². The predicted octanol–water partition coefficient (Wildman–Crippen LogP) is 6.52. The van der Waals surface area contributed by atoms with Crippen LogP contribution in [0, 0.1) is 6.92 Å². The highest BCUT2D eigenvalue weighted by atomic mass is 16.6. The van der Waals surface area contributed by atoms with Crippen LogP contribution in [0.2, 0.25) is 0 Å². The molecule has 3 aromatic carbocycles. The van der Waals surface area contributed by atoms with Crippen molar-refractivity contribution >= 4 is 18.0 Å². The van der Waals surface area contributed by atoms with Crippen molar-refractivity contribution in [1.29, 1.82) is 0 Å². The van der Waals surface area contributed by atoms with Crippen LogP contribution < -0.4 is 9.47 Å². The Morgan fingerprint density at radius 2 is 1.69 bits per heavy atom. The third-order valence-corrected chi connectivity index (χ3v) is 6.70. The van der Waals surface area contributed by atoms with Crippen molar-refractivity contribution in [1.82, 2.24) is 9.88 Å². The summed E-state index contributed by atoms with van der Waals surface area (Å²) in [4.78, 5) is 30.6. The van der Waals surface area contributed by atoms with Gasteiger partial charge in [0.15, 0.2) is 0 Å². The number of ether oxygens (including phenoxy) is 2. The monoisotopic (exact) mass is 522 g/mol. The van der Waals surface area contributed by atoms with E-state index in [9.17, 15) is 9.59 Å². The zero-order chi connectivity index (χ0) is 27.0. The number of hydrogen-bond acceptors (Lipinski definition) is 6. The standard InChI is InChI=1S/C32H30N2O5/c1-23-30(33-31(38-23)25-9-4-2-5-10-25)17-20-37-28-14-8-11-26(21-28)29-22-34(18-15-24(29)16-19-35)32(36)39-27-12-6-3-7-13-27/h2-14,19,21H,15-18,20,22H2,1H3. The lowest BCUT2D eigenvalue weighted by molar-refractivity contribution is -0.107. The maximum Gasteiger partial charge on any atom is 0.415 e. The van der Waals surface area contributed by atoms with Gasteiger partial charge in [-0.25, -0.2) is 9.78 Å². The Labute approximate surface area is 227 Å². The number of oxazole rings is 1. The zero-order valence-corrected chi connectivity index (χ0v) is 21.8. The van der Waals surface area contributed by atoms with E-state index in [1.54, 1.807) is 17.0 Å². The average Bonchev–Trinajstić information content (AvgIpc) is 3.35. The van der Waals surface area contributed by atoms with Crippen molar-refractivity contribution < 1.29 is 23.5 Å². The maximum atomic E-state index is 12.8. The molecule has 7 nitrogen and oxygen atoms in total. The van der Waals surface area contributed by atoms with Crippen LogP contribution in [0.15, 0.2) is 94.9 Å². The highest BCUT2D eigenvalue weighted by Crippen LogP contribution is 2.31. The summed E-state index contributed by atoms with van der Waals surface area (Å²) in [6.45, 7) is 3.20. The maximum absolute atomic E-state index is 12.8. The molecular formula is C32H30N2O5. The molecule has 0 saturated carbocycles. The molecule has 0 aliphatic carbocycles. The first-order valence-corrected chi connectivity index (χ1v) is 13.0. The summed E-state index contributed by atoms with van der Waals surface area (Å²) in [6, 6.07) is 26.6. The number of carbonyl (C=O) groups is 2. The number of benzene rings is 3. The van der Waals surface area contributed by atoms with Gasteiger partial charge in [-0.15, -0.1) is 0 Å². The molecule has 198 valence electrons. The van der Waals surface area contributed by atoms with E-state index in [-0.39, 0.29) is 0 Å². The highest BCUT2D eigenvalue weighted by molar-refractivity contribution is 5.80. The molecule has 1 aromatic heterocycles. The number of aryl methyl sites for hydroxylation is 1. The van der Waals surface area contributed by atoms with Crippen LogP contribution in [0.25, 0.3) is 17.0 Å². The topological polar surface area (TPSA) is 81.9 Å². The number of aldehydes is 1. The Bertz CT molecular complexity index is 1460. The molecule has 0 fully saturated rings. The van der Waals surface area contributed by atoms with Gasteiger partial charge in [-0.05, 0) is 60.9 Å². The van der Waals surface area contributed by atoms with Gasteiger partial charge < -0.3 is 23.6 Å². The molecule has 0 unspecified atom stereocenters. The molecular weight excluding hydrogens is 492 g/mol. The minimum atomic E-state index is -0.408. The summed E-state index contributed by atoms with van der Waals surface area (Å²) in [6.07, 6.45) is 2.05. The molecule has 0 atom stereocenters. The summed E-state index contributed by atoms with van der Waals surface area (Å²) < 4.78 is 17.5. The van der Waals surface area contributed by atoms with Crippen LogP contribution >= 0.6 is 0 Å². The van der Waals surface area contributed by atoms with Gasteiger partial charge in [0.25, 0.3) is 0 Å². The van der Waals surface area contributed by atoms with E-state index in [4.69, 9.17) is 13.9 Å². The van der Waals surface area contributed by atoms with E-state index < -0.39 is 6.09 Å². The summed E-state index contributed by atoms with van der Waals surface area (Å²) in [5.74, 6) is 2.59. The number of nitrogens with zero attached hydrogens (tertiary/aromatic N) is 2. The molecule has 2 heterocycles. The van der Waals surface area contributed by atoms with E-state index in [1.165, 1.54) is 0 Å². The Hall–Kier alpha value is -4.65. The van der Waals surface area contributed by atoms with Crippen molar-refractivity contribution in [2.45, 2.75) is 26.2 Å². The quantitative estimate of drug-likeness (QED) is 0.233. The molecule has 39 heavy (non-hydrogen) atoms. The SMILES string of the molecule is Cc1oc(-c2ccccc2)nc1CCOc1cccc(C2=C(CC=O)CCN(C(=O)Oc3ccccc3)C2)c1. The molecule has 0 N–H and O–H groups in total. The average molecular weight is 523 g/mol. The third-order valence-electron chi connectivity index (χ3n) is 6.70. The van der Waals surface area contributed by atoms with Gasteiger partial charge in [0, 0.05) is 31.5 Å². The second-order valence-electron chi connectivity index (χ2n) is 9.32. The lowest BCUT2D eigenvalue weighted by Gasteiger charge is -2.30. The number of carbonyl (C=O) groups excluding carboxylic acids is 2. The fraction of sp³-hybridized carbons (Fsp3) is 0.219. The largest absolute Gasteiger partial charge is 0.493 e. The van der Waals surface area contributed by atoms with Crippen LogP contribution in [-0.2, 0) is 11.2 Å². The van der Waals surface area contributed by atoms with Crippen molar-refractivity contribution in [3.63, 3.8) is 0 Å². The van der Waals surface area contributed by atoms with Gasteiger partial charge in [-0.3, -0.25) is 0 Å². The molecule has 1 aliphatic heterocycles. The summed E-state index contributed by atoms with van der Waals surface area (Å²) in [7, 11) is 0. The number of hydrogen-bond donors (Lipinski definition) is 0. The first-order valence-electron chi connectivity index (χ1n) is 13.0. The van der Waals surface area contributed by atoms with E-state index in [0.29, 0.717) is 56.3 Å². The minimum absolute atomic E-state index is 0.331. The number of aromatic nitrogens is 1. The van der Waals surface area contributed by atoms with Crippen molar-refractivity contribution in [3.05, 3.63) is 108 Å². The molecule has 1 aliphatic rings. The van der Waals surface area contributed by atoms with Crippen molar-refractivity contribution in [2.24, 2.45) is 0 Å². The van der Waals surface area contributed by atoms with Gasteiger partial charge in [0.05, 0.1) is 12.3 Å². The fourth-order valence-electron chi connectivity index (χ4n) is 4.64. The van der Waals surface area contributed by atoms with E-state index in [2.05, 4.69) is 4.98 Å². The second kappa shape index (κ2) is 12.3. The van der Waals surface area contributed by atoms with Crippen LogP contribution in [0.1, 0.15) is 29.9 Å². The van der Waals surface area contributed by atoms with Crippen LogP contribution in [0.4, 0.5) is 4.79 Å². The lowest BCUT2D eigenvalue weighted by Crippen LogP contribution is -2.38. The van der Waals surface area contributed by atoms with Gasteiger partial charge in [-0.1, -0.05) is 54.1 Å². The van der Waals surface area contributed by atoms with Gasteiger partial charge in [0.1, 0.15) is 23.5 Å². The lowest BCUT2D eigenvalue weighted by atomic mass is 9.92. The van der Waals surface area contributed by atoms with E-state index in [1.807, 2.05) is 79.7 Å². The zero-order valence-electron chi connectivity index (χ0n) is 21.8. The second-order valence-corrected chi connectivity index (χ2v) is 9.32. The van der Waals surface area contributed by atoms with Crippen LogP contribution in [0.5, 0.6) is 11.5 Å². The normalized spacial score (nSPS) is 13.3. The fourth-order valence-corrected chi connectivity index (χ4v) is 4.64. The molecule has 0 radical (unpaired) electrons. The molecule has 0 spiro atoms. The number of para-hydroxylation sites is 1. The molecule has 0 bridgehead atoms. The van der Waals surface area contributed by atoms with Crippen molar-refractivity contribution in [2.75, 3.05) is 19.7 Å². The van der Waals surface area contributed by atoms with Crippen LogP contribution in [-0.4, -0.2) is 42.0 Å². The first-order chi connectivity index (χ1) is 19.1. The van der Waals surface area contributed by atoms with Gasteiger partial charge >= 0.3 is 6.09 Å². The van der Waals surface area contributed by atoms with Crippen molar-refractivity contribution in [3.8, 4) is 23.0 Å². The number of amides is 1. The molecule has 1 amide bonds. The highest BCUT2D eigenvalue weighted by Gasteiger charge is 2.25. The predicted molar refractivity (Wildman–Crippen MR) is 149 cm³/mol. The first kappa shape index (κ1) is 26.0. The van der Waals surface area contributed by atoms with E-state index >= 15 is 0 Å². The molecule has 0 saturated heterocycles. The van der Waals surface area contributed by atoms with Gasteiger partial charge in [-0.2, -0.15) is 0 Å². The molecule has 4 aromatic rings. The Kier molecular flexibility index (Phi) is 8.17. The number of rotatable bonds is 9. The third kappa shape index (κ3) is 6.44. The Morgan fingerprint density at radius 1 is 0.974 bits per heavy atom. The minimum Gasteiger partial charge on any atom is -0.493 e. The Morgan fingerprint density at radius 3 is 2.46 bits per heavy atom. The summed E-state index contributed by atoms with van der Waals surface area (Å²) in [5, 5.41) is 0. The summed E-state index contributed by atoms with van der Waals surface area (Å²) >= 11 is 0. The summed E-state index contributed by atoms with van der Waals surface area (Å²) in [5.41, 5.74) is 4.70. The van der Waals surface area contributed by atoms with Gasteiger partial charge in [0.2, 0.25) is 5.89 Å². The van der Waals surface area contributed by atoms with E-state index in [0.717, 1.165) is 40.0 Å². The Balaban J connectivity index is 1.26. The smallest absolute Gasteiger partial charge is 0.415 e. The molecule has 5 rings (SSSR count).